The van der Waals surface area contributed by atoms with Crippen molar-refractivity contribution >= 4 is 0 Å². The topological polar surface area (TPSA) is 12.0 Å². The van der Waals surface area contributed by atoms with Crippen molar-refractivity contribution in [1.82, 2.24) is 5.32 Å². The zero-order valence-corrected chi connectivity index (χ0v) is 10.4. The maximum absolute atomic E-state index is 13.4. The van der Waals surface area contributed by atoms with Crippen LogP contribution in [0.4, 0.5) is 4.39 Å². The molecule has 0 spiro atoms. The molecule has 1 saturated carbocycles. The van der Waals surface area contributed by atoms with Gasteiger partial charge in [0.2, 0.25) is 0 Å². The second-order valence-corrected chi connectivity index (χ2v) is 4.84. The van der Waals surface area contributed by atoms with Gasteiger partial charge in [-0.05, 0) is 50.8 Å². The molecule has 2 heteroatoms. The molecule has 2 rings (SSSR count). The Morgan fingerprint density at radius 1 is 1.41 bits per heavy atom. The Kier molecular flexibility index (Phi) is 4.32. The van der Waals surface area contributed by atoms with Crippen molar-refractivity contribution < 1.29 is 4.39 Å². The number of hydrogen-bond donors (Lipinski definition) is 1. The Morgan fingerprint density at radius 2 is 2.18 bits per heavy atom. The van der Waals surface area contributed by atoms with E-state index < -0.39 is 0 Å². The molecule has 0 radical (unpaired) electrons. The molecule has 0 aliphatic heterocycles. The number of rotatable bonds is 6. The van der Waals surface area contributed by atoms with E-state index in [1.54, 1.807) is 6.07 Å². The lowest BCUT2D eigenvalue weighted by molar-refractivity contribution is 0.613. The van der Waals surface area contributed by atoms with Crippen molar-refractivity contribution in [3.63, 3.8) is 0 Å². The number of halogens is 1. The van der Waals surface area contributed by atoms with Crippen LogP contribution < -0.4 is 5.32 Å². The van der Waals surface area contributed by atoms with Crippen LogP contribution in [0.15, 0.2) is 35.9 Å². The fourth-order valence-corrected chi connectivity index (χ4v) is 1.91. The number of benzene rings is 1. The second kappa shape index (κ2) is 5.97. The van der Waals surface area contributed by atoms with E-state index in [-0.39, 0.29) is 5.82 Å². The van der Waals surface area contributed by atoms with Crippen molar-refractivity contribution in [2.45, 2.75) is 38.6 Å². The Bertz CT molecular complexity index is 394. The summed E-state index contributed by atoms with van der Waals surface area (Å²) in [6, 6.07) is 7.78. The predicted octanol–water partition coefficient (Wildman–Crippen LogP) is 3.46. The Labute approximate surface area is 103 Å². The van der Waals surface area contributed by atoms with E-state index in [4.69, 9.17) is 0 Å². The number of allylic oxidation sites excluding steroid dienone is 1. The zero-order valence-electron chi connectivity index (χ0n) is 10.4. The highest BCUT2D eigenvalue weighted by atomic mass is 19.1. The third-order valence-electron chi connectivity index (χ3n) is 3.07. The number of hydrogen-bond acceptors (Lipinski definition) is 1. The van der Waals surface area contributed by atoms with Crippen LogP contribution in [0.3, 0.4) is 0 Å². The summed E-state index contributed by atoms with van der Waals surface area (Å²) in [5.74, 6) is -0.101. The van der Waals surface area contributed by atoms with Crippen LogP contribution in [-0.4, -0.2) is 12.6 Å². The lowest BCUT2D eigenvalue weighted by Gasteiger charge is -2.04. The summed E-state index contributed by atoms with van der Waals surface area (Å²) in [6.45, 7) is 3.11. The highest BCUT2D eigenvalue weighted by Gasteiger charge is 2.19. The molecular weight excluding hydrogens is 213 g/mol. The monoisotopic (exact) mass is 233 g/mol. The zero-order chi connectivity index (χ0) is 12.1. The van der Waals surface area contributed by atoms with Gasteiger partial charge in [-0.3, -0.25) is 0 Å². The largest absolute Gasteiger partial charge is 0.314 e. The molecule has 0 heterocycles. The van der Waals surface area contributed by atoms with E-state index in [0.29, 0.717) is 0 Å². The van der Waals surface area contributed by atoms with Crippen molar-refractivity contribution in [2.75, 3.05) is 6.54 Å². The summed E-state index contributed by atoms with van der Waals surface area (Å²) in [6.07, 6.45) is 6.63. The molecule has 1 N–H and O–H groups in total. The molecular formula is C15H20FN. The molecule has 1 aliphatic carbocycles. The lowest BCUT2D eigenvalue weighted by Crippen LogP contribution is -2.16. The third-order valence-corrected chi connectivity index (χ3v) is 3.07. The molecule has 0 atom stereocenters. The number of nitrogens with one attached hydrogen (secondary N) is 1. The van der Waals surface area contributed by atoms with E-state index in [1.165, 1.54) is 24.5 Å². The fraction of sp³-hybridized carbons (Fsp3) is 0.467. The first-order valence-corrected chi connectivity index (χ1v) is 6.38. The molecule has 0 unspecified atom stereocenters. The Balaban J connectivity index is 1.76. The van der Waals surface area contributed by atoms with E-state index >= 15 is 0 Å². The SMILES string of the molecule is CC(=CCCNC1CC1)Cc1ccccc1F. The Hall–Kier alpha value is -1.15. The highest BCUT2D eigenvalue weighted by Crippen LogP contribution is 2.18. The summed E-state index contributed by atoms with van der Waals surface area (Å²) < 4.78 is 13.4. The van der Waals surface area contributed by atoms with Gasteiger partial charge in [0, 0.05) is 6.04 Å². The van der Waals surface area contributed by atoms with Gasteiger partial charge >= 0.3 is 0 Å². The molecule has 1 aliphatic rings. The first kappa shape index (κ1) is 12.3. The van der Waals surface area contributed by atoms with E-state index in [2.05, 4.69) is 18.3 Å². The minimum atomic E-state index is -0.101. The van der Waals surface area contributed by atoms with E-state index in [1.807, 2.05) is 12.1 Å². The maximum atomic E-state index is 13.4. The molecule has 1 aromatic carbocycles. The van der Waals surface area contributed by atoms with Crippen molar-refractivity contribution in [3.8, 4) is 0 Å². The maximum Gasteiger partial charge on any atom is 0.126 e. The van der Waals surface area contributed by atoms with Crippen molar-refractivity contribution in [2.24, 2.45) is 0 Å². The van der Waals surface area contributed by atoms with E-state index in [0.717, 1.165) is 31.0 Å². The van der Waals surface area contributed by atoms with Gasteiger partial charge in [-0.25, -0.2) is 4.39 Å². The third kappa shape index (κ3) is 4.31. The second-order valence-electron chi connectivity index (χ2n) is 4.84. The van der Waals surface area contributed by atoms with Gasteiger partial charge in [-0.2, -0.15) is 0 Å². The molecule has 17 heavy (non-hydrogen) atoms. The molecule has 92 valence electrons. The standard InChI is InChI=1S/C15H20FN/c1-12(5-4-10-17-14-8-9-14)11-13-6-2-3-7-15(13)16/h2-3,5-7,14,17H,4,8-11H2,1H3. The normalized spacial score (nSPS) is 16.2. The van der Waals surface area contributed by atoms with Crippen LogP contribution in [0.25, 0.3) is 0 Å². The average molecular weight is 233 g/mol. The fourth-order valence-electron chi connectivity index (χ4n) is 1.91. The van der Waals surface area contributed by atoms with Crippen molar-refractivity contribution in [3.05, 3.63) is 47.3 Å². The molecule has 0 aromatic heterocycles. The minimum Gasteiger partial charge on any atom is -0.314 e. The quantitative estimate of drug-likeness (QED) is 0.586. The van der Waals surface area contributed by atoms with Crippen molar-refractivity contribution in [1.29, 1.82) is 0 Å². The Morgan fingerprint density at radius 3 is 2.88 bits per heavy atom. The molecule has 1 nitrogen and oxygen atoms in total. The molecule has 0 saturated heterocycles. The molecule has 1 aromatic rings. The van der Waals surface area contributed by atoms with Gasteiger partial charge in [-0.15, -0.1) is 0 Å². The van der Waals surface area contributed by atoms with Gasteiger partial charge in [-0.1, -0.05) is 29.8 Å². The molecule has 1 fully saturated rings. The van der Waals surface area contributed by atoms with Crippen LogP contribution in [0.5, 0.6) is 0 Å². The van der Waals surface area contributed by atoms with Crippen LogP contribution in [0.1, 0.15) is 31.7 Å². The van der Waals surface area contributed by atoms with Crippen LogP contribution in [0.2, 0.25) is 0 Å². The van der Waals surface area contributed by atoms with Gasteiger partial charge in [0.25, 0.3) is 0 Å². The average Bonchev–Trinajstić information content (AvgIpc) is 3.12. The van der Waals surface area contributed by atoms with Gasteiger partial charge in [0.05, 0.1) is 0 Å². The minimum absolute atomic E-state index is 0.101. The van der Waals surface area contributed by atoms with Gasteiger partial charge in [0.15, 0.2) is 0 Å². The lowest BCUT2D eigenvalue weighted by atomic mass is 10.1. The van der Waals surface area contributed by atoms with Gasteiger partial charge in [0.1, 0.15) is 5.82 Å². The van der Waals surface area contributed by atoms with Crippen LogP contribution >= 0.6 is 0 Å². The smallest absolute Gasteiger partial charge is 0.126 e. The summed E-state index contributed by atoms with van der Waals surface area (Å²) in [4.78, 5) is 0. The van der Waals surface area contributed by atoms with Crippen LogP contribution in [0, 0.1) is 5.82 Å². The summed E-state index contributed by atoms with van der Waals surface area (Å²) in [7, 11) is 0. The molecule has 0 bridgehead atoms. The van der Waals surface area contributed by atoms with E-state index in [9.17, 15) is 4.39 Å². The first-order chi connectivity index (χ1) is 8.25. The van der Waals surface area contributed by atoms with Gasteiger partial charge < -0.3 is 5.32 Å². The summed E-state index contributed by atoms with van der Waals surface area (Å²) in [5, 5.41) is 3.47. The molecule has 0 amide bonds. The van der Waals surface area contributed by atoms with Crippen LogP contribution in [-0.2, 0) is 6.42 Å². The predicted molar refractivity (Wildman–Crippen MR) is 69.5 cm³/mol. The summed E-state index contributed by atoms with van der Waals surface area (Å²) in [5.41, 5.74) is 2.03. The summed E-state index contributed by atoms with van der Waals surface area (Å²) >= 11 is 0. The first-order valence-electron chi connectivity index (χ1n) is 6.38. The highest BCUT2D eigenvalue weighted by molar-refractivity contribution is 5.22.